The first kappa shape index (κ1) is 16.0. The molecule has 3 heteroatoms. The van der Waals surface area contributed by atoms with Gasteiger partial charge in [0.15, 0.2) is 0 Å². The van der Waals surface area contributed by atoms with E-state index in [1.807, 2.05) is 40.6 Å². The zero-order valence-electron chi connectivity index (χ0n) is 5.91. The van der Waals surface area contributed by atoms with Crippen LogP contribution in [0.25, 0.3) is 0 Å². The Morgan fingerprint density at radius 2 is 1.38 bits per heavy atom. The Labute approximate surface area is 71.0 Å². The van der Waals surface area contributed by atoms with Crippen LogP contribution in [-0.2, 0) is 4.74 Å². The molecule has 48 valence electrons. The summed E-state index contributed by atoms with van der Waals surface area (Å²) in [5, 5.41) is 2.03. The van der Waals surface area contributed by atoms with Crippen molar-refractivity contribution in [1.29, 1.82) is 0 Å². The van der Waals surface area contributed by atoms with Crippen LogP contribution < -0.4 is 12.4 Å². The van der Waals surface area contributed by atoms with Crippen molar-refractivity contribution in [3.05, 3.63) is 0 Å². The molecule has 0 aromatic carbocycles. The topological polar surface area (TPSA) is 9.23 Å². The number of hydrogen-bond acceptors (Lipinski definition) is 1. The van der Waals surface area contributed by atoms with Crippen LogP contribution in [0.4, 0.5) is 0 Å². The third-order valence-electron chi connectivity index (χ3n) is 0.408. The second kappa shape index (κ2) is 24.5. The second-order valence-corrected chi connectivity index (χ2v) is 0.781. The van der Waals surface area contributed by atoms with E-state index in [0.717, 1.165) is 13.2 Å². The van der Waals surface area contributed by atoms with E-state index < -0.39 is 0 Å². The average Bonchev–Trinajstić information content (AvgIpc) is 1.75. The summed E-state index contributed by atoms with van der Waals surface area (Å²) in [6.07, 6.45) is 0. The van der Waals surface area contributed by atoms with Gasteiger partial charge in [-0.3, -0.25) is 0 Å². The van der Waals surface area contributed by atoms with E-state index in [9.17, 15) is 0 Å². The van der Waals surface area contributed by atoms with Crippen LogP contribution in [0.5, 0.6) is 0 Å². The normalized spacial score (nSPS) is 6.12. The Morgan fingerprint density at radius 1 is 1.12 bits per heavy atom. The molecule has 0 bridgehead atoms. The Bertz CT molecular complexity index is 19.9. The monoisotopic (exact) mass is 148 g/mol. The smallest absolute Gasteiger partial charge is 1.00 e. The fourth-order valence-corrected chi connectivity index (χ4v) is 0.204. The van der Waals surface area contributed by atoms with E-state index >= 15 is 0 Å². The fraction of sp³-hybridized carbons (Fsp3) is 1.00. The average molecular weight is 149 g/mol. The zero-order valence-corrected chi connectivity index (χ0v) is 8.08. The second-order valence-electron chi connectivity index (χ2n) is 0.781. The van der Waals surface area contributed by atoms with Crippen molar-refractivity contribution >= 4 is 21.7 Å². The molecule has 8 heavy (non-hydrogen) atoms. The van der Waals surface area contributed by atoms with Gasteiger partial charge in [0.1, 0.15) is 0 Å². The van der Waals surface area contributed by atoms with Crippen LogP contribution in [0.2, 0.25) is 5.05 Å². The molecule has 0 heterocycles. The maximum absolute atomic E-state index is 4.83. The number of rotatable bonds is 2. The van der Waals surface area contributed by atoms with Gasteiger partial charge in [-0.05, 0) is 13.8 Å². The maximum atomic E-state index is 4.83. The summed E-state index contributed by atoms with van der Waals surface area (Å²) in [4.78, 5) is 0. The van der Waals surface area contributed by atoms with E-state index in [-0.39, 0.29) is 12.4 Å². The quantitative estimate of drug-likeness (QED) is 0.423. The molecule has 0 amide bonds. The van der Waals surface area contributed by atoms with Crippen molar-refractivity contribution in [3.8, 4) is 0 Å². The van der Waals surface area contributed by atoms with E-state index in [2.05, 4.69) is 0 Å². The molecule has 0 saturated heterocycles. The number of halogens is 1. The van der Waals surface area contributed by atoms with Crippen molar-refractivity contribution in [2.45, 2.75) is 18.9 Å². The number of hydrogen-bond donors (Lipinski definition) is 0. The minimum Gasteiger partial charge on any atom is -1.00 e. The first-order chi connectivity index (χ1) is 3.41. The zero-order chi connectivity index (χ0) is 6.12. The summed E-state index contributed by atoms with van der Waals surface area (Å²) in [5.41, 5.74) is 0. The van der Waals surface area contributed by atoms with Crippen molar-refractivity contribution in [3.63, 3.8) is 0 Å². The molecule has 0 atom stereocenters. The molecule has 0 aromatic rings. The molecule has 0 aromatic heterocycles. The van der Waals surface area contributed by atoms with Crippen LogP contribution in [0.15, 0.2) is 0 Å². The van der Waals surface area contributed by atoms with Gasteiger partial charge in [-0.15, -0.1) is 0 Å². The number of ether oxygens (including phenoxy) is 1. The van der Waals surface area contributed by atoms with Crippen LogP contribution in [0, 0.1) is 0 Å². The molecular weight excluding hydrogens is 136 g/mol. The summed E-state index contributed by atoms with van der Waals surface area (Å²) >= 11 is 1.86. The summed E-state index contributed by atoms with van der Waals surface area (Å²) in [6.45, 7) is 5.67. The third-order valence-corrected chi connectivity index (χ3v) is 0.408. The van der Waals surface area contributed by atoms with Gasteiger partial charge in [-0.1, -0.05) is 0 Å². The van der Waals surface area contributed by atoms with Gasteiger partial charge >= 0.3 is 26.8 Å². The Kier molecular flexibility index (Phi) is 49.0. The van der Waals surface area contributed by atoms with Crippen molar-refractivity contribution < 1.29 is 17.1 Å². The van der Waals surface area contributed by atoms with E-state index in [1.165, 1.54) is 0 Å². The summed E-state index contributed by atoms with van der Waals surface area (Å²) in [6, 6.07) is 0. The van der Waals surface area contributed by atoms with Gasteiger partial charge in [-0.2, -0.15) is 0 Å². The van der Waals surface area contributed by atoms with Crippen molar-refractivity contribution in [2.24, 2.45) is 0 Å². The van der Waals surface area contributed by atoms with Gasteiger partial charge < -0.3 is 17.1 Å². The maximum Gasteiger partial charge on any atom is -1.00 e. The van der Waals surface area contributed by atoms with Gasteiger partial charge in [0.2, 0.25) is 0 Å². The largest absolute Gasteiger partial charge is 1.00 e. The Hall–Kier alpha value is 1.02. The first-order valence-electron chi connectivity index (χ1n) is 2.70. The Morgan fingerprint density at radius 3 is 1.38 bits per heavy atom. The summed E-state index contributed by atoms with van der Waals surface area (Å²) in [7, 11) is 0. The van der Waals surface area contributed by atoms with Crippen LogP contribution in [-0.4, -0.2) is 34.9 Å². The molecule has 0 aliphatic heterocycles. The van der Waals surface area contributed by atoms with E-state index in [0.29, 0.717) is 0 Å². The molecule has 0 N–H and O–H groups in total. The molecule has 0 spiro atoms. The molecule has 0 fully saturated rings. The molecule has 0 unspecified atom stereocenters. The summed E-state index contributed by atoms with van der Waals surface area (Å²) in [5.74, 6) is 0. The van der Waals surface area contributed by atoms with Crippen molar-refractivity contribution in [2.75, 3.05) is 13.2 Å². The van der Waals surface area contributed by atoms with Crippen LogP contribution in [0.3, 0.4) is 0 Å². The van der Waals surface area contributed by atoms with E-state index in [4.69, 9.17) is 4.74 Å². The fourth-order valence-electron chi connectivity index (χ4n) is 0.204. The molecule has 0 rings (SSSR count). The van der Waals surface area contributed by atoms with Crippen LogP contribution in [0.1, 0.15) is 13.8 Å². The first-order valence-corrected chi connectivity index (χ1v) is 4.11. The van der Waals surface area contributed by atoms with Gasteiger partial charge in [0, 0.05) is 13.2 Å². The van der Waals surface area contributed by atoms with Gasteiger partial charge in [-0.25, -0.2) is 0 Å². The minimum atomic E-state index is 0. The Balaban J connectivity index is -0.0000000750. The molecule has 0 saturated carbocycles. The predicted octanol–water partition coefficient (Wildman–Crippen LogP) is -1.75. The molecule has 1 nitrogen and oxygen atoms in total. The SMILES string of the molecule is CCOCC.[CH3][Mg+].[Cl-]. The summed E-state index contributed by atoms with van der Waals surface area (Å²) < 4.78 is 4.83. The van der Waals surface area contributed by atoms with Crippen molar-refractivity contribution in [1.82, 2.24) is 0 Å². The van der Waals surface area contributed by atoms with Gasteiger partial charge in [0.05, 0.1) is 0 Å². The standard InChI is InChI=1S/C4H10O.CH3.ClH.Mg/c1-3-5-4-2;;;/h3-4H2,1-2H3;1H3;1H;/q;;;+1/p-1. The third kappa shape index (κ3) is 27.9. The molecule has 0 radical (unpaired) electrons. The molecule has 0 aliphatic carbocycles. The minimum absolute atomic E-state index is 0. The molecule has 0 aliphatic rings. The van der Waals surface area contributed by atoms with Gasteiger partial charge in [0.25, 0.3) is 0 Å². The predicted molar refractivity (Wildman–Crippen MR) is 33.8 cm³/mol. The van der Waals surface area contributed by atoms with Crippen LogP contribution >= 0.6 is 0 Å². The van der Waals surface area contributed by atoms with E-state index in [1.54, 1.807) is 0 Å². The molecular formula is C5H13ClMgO.